The normalized spacial score (nSPS) is 11.0. The van der Waals surface area contributed by atoms with E-state index in [4.69, 9.17) is 15.3 Å². The van der Waals surface area contributed by atoms with Crippen molar-refractivity contribution in [1.82, 2.24) is 5.32 Å². The molecular formula is C18H20FN3O3. The van der Waals surface area contributed by atoms with E-state index in [1.54, 1.807) is 7.11 Å². The maximum Gasteiger partial charge on any atom is 0.260 e. The lowest BCUT2D eigenvalue weighted by atomic mass is 10.1. The molecule has 0 heterocycles. The minimum atomic E-state index is -0.369. The van der Waals surface area contributed by atoms with E-state index >= 15 is 0 Å². The van der Waals surface area contributed by atoms with Crippen LogP contribution < -0.4 is 15.8 Å². The van der Waals surface area contributed by atoms with Crippen molar-refractivity contribution >= 4 is 11.7 Å². The van der Waals surface area contributed by atoms with E-state index in [9.17, 15) is 9.18 Å². The van der Waals surface area contributed by atoms with Crippen LogP contribution in [0.3, 0.4) is 0 Å². The first-order valence-corrected chi connectivity index (χ1v) is 7.70. The van der Waals surface area contributed by atoms with Crippen molar-refractivity contribution in [1.29, 1.82) is 0 Å². The van der Waals surface area contributed by atoms with Gasteiger partial charge >= 0.3 is 0 Å². The van der Waals surface area contributed by atoms with Crippen LogP contribution >= 0.6 is 0 Å². The van der Waals surface area contributed by atoms with Gasteiger partial charge in [0.05, 0.1) is 7.11 Å². The van der Waals surface area contributed by atoms with E-state index in [1.165, 1.54) is 24.3 Å². The van der Waals surface area contributed by atoms with E-state index in [-0.39, 0.29) is 24.2 Å². The van der Waals surface area contributed by atoms with Gasteiger partial charge in [-0.2, -0.15) is 0 Å². The summed E-state index contributed by atoms with van der Waals surface area (Å²) in [5, 5.41) is 6.37. The first kappa shape index (κ1) is 18.3. The van der Waals surface area contributed by atoms with Crippen LogP contribution in [0.1, 0.15) is 11.1 Å². The Morgan fingerprint density at radius 3 is 2.64 bits per heavy atom. The molecule has 0 radical (unpaired) electrons. The van der Waals surface area contributed by atoms with Crippen LogP contribution in [0.2, 0.25) is 0 Å². The Kier molecular flexibility index (Phi) is 6.76. The predicted molar refractivity (Wildman–Crippen MR) is 92.8 cm³/mol. The van der Waals surface area contributed by atoms with Crippen molar-refractivity contribution in [3.63, 3.8) is 0 Å². The van der Waals surface area contributed by atoms with Gasteiger partial charge in [0, 0.05) is 12.1 Å². The van der Waals surface area contributed by atoms with Gasteiger partial charge in [0.15, 0.2) is 12.4 Å². The summed E-state index contributed by atoms with van der Waals surface area (Å²) in [6.07, 6.45) is 0.636. The zero-order chi connectivity index (χ0) is 18.1. The second-order valence-corrected chi connectivity index (χ2v) is 5.17. The first-order chi connectivity index (χ1) is 12.1. The van der Waals surface area contributed by atoms with Crippen LogP contribution in [0.4, 0.5) is 4.39 Å². The monoisotopic (exact) mass is 345 g/mol. The number of carbonyl (C=O) groups excluding carboxylic acids is 1. The minimum absolute atomic E-state index is 0.0711. The molecule has 132 valence electrons. The number of nitrogens with two attached hydrogens (primary N) is 1. The number of nitrogens with one attached hydrogen (secondary N) is 1. The van der Waals surface area contributed by atoms with Gasteiger partial charge in [-0.1, -0.05) is 23.4 Å². The van der Waals surface area contributed by atoms with Crippen molar-refractivity contribution in [3.8, 4) is 5.75 Å². The highest BCUT2D eigenvalue weighted by Crippen LogP contribution is 2.17. The van der Waals surface area contributed by atoms with Gasteiger partial charge in [-0.3, -0.25) is 4.79 Å². The molecule has 0 aliphatic carbocycles. The summed E-state index contributed by atoms with van der Waals surface area (Å²) in [5.74, 6) is 0.170. The summed E-state index contributed by atoms with van der Waals surface area (Å²) < 4.78 is 18.1. The van der Waals surface area contributed by atoms with Crippen molar-refractivity contribution in [2.75, 3.05) is 20.3 Å². The molecule has 1 amide bonds. The first-order valence-electron chi connectivity index (χ1n) is 7.70. The summed E-state index contributed by atoms with van der Waals surface area (Å²) >= 11 is 0. The van der Waals surface area contributed by atoms with Gasteiger partial charge in [-0.05, 0) is 42.3 Å². The molecule has 0 saturated heterocycles. The van der Waals surface area contributed by atoms with Crippen LogP contribution in [-0.2, 0) is 16.1 Å². The third kappa shape index (κ3) is 5.80. The highest BCUT2D eigenvalue weighted by atomic mass is 19.1. The molecule has 0 aromatic heterocycles. The van der Waals surface area contributed by atoms with Crippen molar-refractivity contribution in [3.05, 3.63) is 65.5 Å². The second-order valence-electron chi connectivity index (χ2n) is 5.17. The van der Waals surface area contributed by atoms with Crippen LogP contribution in [-0.4, -0.2) is 32.0 Å². The molecule has 6 nitrogen and oxygen atoms in total. The molecule has 2 rings (SSSR count). The Morgan fingerprint density at radius 2 is 1.92 bits per heavy atom. The number of para-hydroxylation sites is 1. The van der Waals surface area contributed by atoms with Gasteiger partial charge < -0.3 is 20.6 Å². The quantitative estimate of drug-likeness (QED) is 0.434. The molecule has 7 heteroatoms. The average molecular weight is 345 g/mol. The van der Waals surface area contributed by atoms with Crippen molar-refractivity contribution < 1.29 is 18.8 Å². The molecule has 2 aromatic carbocycles. The number of amidine groups is 1. The lowest BCUT2D eigenvalue weighted by molar-refractivity contribution is -0.125. The van der Waals surface area contributed by atoms with E-state index in [2.05, 4.69) is 10.5 Å². The molecule has 0 bridgehead atoms. The van der Waals surface area contributed by atoms with Gasteiger partial charge in [-0.15, -0.1) is 0 Å². The molecule has 3 N–H and O–H groups in total. The SMILES string of the molecule is COc1ccccc1CCNC(=O)CO/N=C(\N)c1ccc(F)cc1. The number of amides is 1. The zero-order valence-electron chi connectivity index (χ0n) is 13.9. The molecule has 0 saturated carbocycles. The summed E-state index contributed by atoms with van der Waals surface area (Å²) in [7, 11) is 1.61. The maximum atomic E-state index is 12.8. The maximum absolute atomic E-state index is 12.8. The number of halogens is 1. The fraction of sp³-hybridized carbons (Fsp3) is 0.222. The molecule has 0 aliphatic heterocycles. The Bertz CT molecular complexity index is 733. The molecular weight excluding hydrogens is 325 g/mol. The summed E-state index contributed by atoms with van der Waals surface area (Å²) in [5.41, 5.74) is 7.21. The van der Waals surface area contributed by atoms with Crippen molar-refractivity contribution in [2.45, 2.75) is 6.42 Å². The van der Waals surface area contributed by atoms with Crippen LogP contribution in [0.25, 0.3) is 0 Å². The Balaban J connectivity index is 1.73. The lowest BCUT2D eigenvalue weighted by Gasteiger charge is -2.09. The lowest BCUT2D eigenvalue weighted by Crippen LogP contribution is -2.29. The van der Waals surface area contributed by atoms with E-state index in [0.29, 0.717) is 18.5 Å². The summed E-state index contributed by atoms with van der Waals surface area (Å²) in [6, 6.07) is 13.1. The topological polar surface area (TPSA) is 85.9 Å². The zero-order valence-corrected chi connectivity index (χ0v) is 13.9. The van der Waals surface area contributed by atoms with Crippen LogP contribution in [0, 0.1) is 5.82 Å². The van der Waals surface area contributed by atoms with Crippen LogP contribution in [0.15, 0.2) is 53.7 Å². The number of hydrogen-bond acceptors (Lipinski definition) is 4. The third-order valence-electron chi connectivity index (χ3n) is 3.41. The molecule has 0 aliphatic rings. The number of ether oxygens (including phenoxy) is 1. The number of nitrogens with zero attached hydrogens (tertiary/aromatic N) is 1. The highest BCUT2D eigenvalue weighted by Gasteiger charge is 2.05. The Morgan fingerprint density at radius 1 is 1.20 bits per heavy atom. The molecule has 25 heavy (non-hydrogen) atoms. The fourth-order valence-electron chi connectivity index (χ4n) is 2.13. The molecule has 0 spiro atoms. The standard InChI is InChI=1S/C18H20FN3O3/c1-24-16-5-3-2-4-13(16)10-11-21-17(23)12-25-22-18(20)14-6-8-15(19)9-7-14/h2-9H,10-12H2,1H3,(H2,20,22)(H,21,23). The van der Waals surface area contributed by atoms with Crippen molar-refractivity contribution in [2.24, 2.45) is 10.9 Å². The number of hydrogen-bond donors (Lipinski definition) is 2. The molecule has 0 unspecified atom stereocenters. The second kappa shape index (κ2) is 9.27. The number of carbonyl (C=O) groups is 1. The minimum Gasteiger partial charge on any atom is -0.496 e. The summed E-state index contributed by atoms with van der Waals surface area (Å²) in [6.45, 7) is 0.188. The van der Waals surface area contributed by atoms with Crippen LogP contribution in [0.5, 0.6) is 5.75 Å². The number of rotatable bonds is 8. The average Bonchev–Trinajstić information content (AvgIpc) is 2.62. The fourth-order valence-corrected chi connectivity index (χ4v) is 2.13. The van der Waals surface area contributed by atoms with Gasteiger partial charge in [0.1, 0.15) is 11.6 Å². The number of benzene rings is 2. The Labute approximate surface area is 145 Å². The number of methoxy groups -OCH3 is 1. The smallest absolute Gasteiger partial charge is 0.260 e. The highest BCUT2D eigenvalue weighted by molar-refractivity contribution is 5.97. The van der Waals surface area contributed by atoms with Gasteiger partial charge in [-0.25, -0.2) is 4.39 Å². The number of oxime groups is 1. The van der Waals surface area contributed by atoms with E-state index in [1.807, 2.05) is 24.3 Å². The van der Waals surface area contributed by atoms with E-state index in [0.717, 1.165) is 11.3 Å². The molecule has 0 fully saturated rings. The van der Waals surface area contributed by atoms with E-state index < -0.39 is 0 Å². The Hall–Kier alpha value is -3.09. The third-order valence-corrected chi connectivity index (χ3v) is 3.41. The summed E-state index contributed by atoms with van der Waals surface area (Å²) in [4.78, 5) is 16.6. The van der Waals surface area contributed by atoms with Gasteiger partial charge in [0.25, 0.3) is 5.91 Å². The van der Waals surface area contributed by atoms with Gasteiger partial charge in [0.2, 0.25) is 0 Å². The predicted octanol–water partition coefficient (Wildman–Crippen LogP) is 1.83. The largest absolute Gasteiger partial charge is 0.496 e. The molecule has 0 atom stereocenters. The molecule has 2 aromatic rings.